The van der Waals surface area contributed by atoms with E-state index in [1.165, 1.54) is 6.20 Å². The average Bonchev–Trinajstić information content (AvgIpc) is 2.60. The third kappa shape index (κ3) is 1.25. The Hall–Kier alpha value is -1.53. The first-order valence-corrected chi connectivity index (χ1v) is 3.85. The maximum atomic E-state index is 9.48. The van der Waals surface area contributed by atoms with Gasteiger partial charge in [0.2, 0.25) is 0 Å². The van der Waals surface area contributed by atoms with Gasteiger partial charge in [0.15, 0.2) is 0 Å². The standard InChI is InChI=1S/C7H9N5O/c8-3-6(13)5-4-9-7-11-10-1-2-12(5)7/h1-2,4,6,13H,3,8H2. The summed E-state index contributed by atoms with van der Waals surface area (Å²) in [6.07, 6.45) is 4.05. The highest BCUT2D eigenvalue weighted by molar-refractivity contribution is 5.29. The summed E-state index contributed by atoms with van der Waals surface area (Å²) in [5.41, 5.74) is 5.96. The predicted molar refractivity (Wildman–Crippen MR) is 44.8 cm³/mol. The zero-order chi connectivity index (χ0) is 9.26. The van der Waals surface area contributed by atoms with E-state index in [-0.39, 0.29) is 6.54 Å². The van der Waals surface area contributed by atoms with Crippen LogP contribution in [-0.4, -0.2) is 31.2 Å². The second-order valence-electron chi connectivity index (χ2n) is 2.62. The van der Waals surface area contributed by atoms with Crippen molar-refractivity contribution in [3.8, 4) is 0 Å². The van der Waals surface area contributed by atoms with Crippen LogP contribution in [0.25, 0.3) is 5.78 Å². The number of imidazole rings is 1. The van der Waals surface area contributed by atoms with Gasteiger partial charge in [-0.2, -0.15) is 5.10 Å². The monoisotopic (exact) mass is 179 g/mol. The minimum Gasteiger partial charge on any atom is -0.385 e. The number of hydrogen-bond donors (Lipinski definition) is 2. The van der Waals surface area contributed by atoms with Gasteiger partial charge < -0.3 is 10.8 Å². The van der Waals surface area contributed by atoms with Crippen molar-refractivity contribution in [2.24, 2.45) is 5.73 Å². The molecule has 2 aromatic rings. The molecule has 0 bridgehead atoms. The second-order valence-corrected chi connectivity index (χ2v) is 2.62. The Kier molecular flexibility index (Phi) is 1.91. The van der Waals surface area contributed by atoms with Crippen LogP contribution >= 0.6 is 0 Å². The van der Waals surface area contributed by atoms with Crippen molar-refractivity contribution in [2.75, 3.05) is 6.54 Å². The summed E-state index contributed by atoms with van der Waals surface area (Å²) >= 11 is 0. The van der Waals surface area contributed by atoms with Crippen molar-refractivity contribution in [1.82, 2.24) is 19.6 Å². The number of nitrogens with zero attached hydrogens (tertiary/aromatic N) is 4. The second kappa shape index (κ2) is 3.08. The van der Waals surface area contributed by atoms with E-state index < -0.39 is 6.10 Å². The molecule has 6 heteroatoms. The SMILES string of the molecule is NCC(O)c1cnc2nnccn12. The first-order valence-electron chi connectivity index (χ1n) is 3.85. The molecule has 0 aromatic carbocycles. The Bertz CT molecular complexity index is 412. The first kappa shape index (κ1) is 8.09. The molecule has 0 amide bonds. The fourth-order valence-electron chi connectivity index (χ4n) is 1.14. The van der Waals surface area contributed by atoms with E-state index in [4.69, 9.17) is 5.73 Å². The van der Waals surface area contributed by atoms with Crippen LogP contribution in [0.4, 0.5) is 0 Å². The fourth-order valence-corrected chi connectivity index (χ4v) is 1.14. The van der Waals surface area contributed by atoms with E-state index in [9.17, 15) is 5.11 Å². The topological polar surface area (TPSA) is 89.3 Å². The summed E-state index contributed by atoms with van der Waals surface area (Å²) in [5, 5.41) is 16.9. The van der Waals surface area contributed by atoms with Gasteiger partial charge in [-0.15, -0.1) is 5.10 Å². The van der Waals surface area contributed by atoms with Crippen LogP contribution < -0.4 is 5.73 Å². The molecule has 0 fully saturated rings. The third-order valence-corrected chi connectivity index (χ3v) is 1.80. The summed E-state index contributed by atoms with van der Waals surface area (Å²) < 4.78 is 1.66. The molecule has 0 saturated carbocycles. The Balaban J connectivity index is 2.57. The molecule has 0 radical (unpaired) electrons. The lowest BCUT2D eigenvalue weighted by molar-refractivity contribution is 0.181. The number of aromatic nitrogens is 4. The summed E-state index contributed by atoms with van der Waals surface area (Å²) in [6.45, 7) is 0.163. The first-order chi connectivity index (χ1) is 6.33. The lowest BCUT2D eigenvalue weighted by Gasteiger charge is -2.05. The zero-order valence-electron chi connectivity index (χ0n) is 6.83. The van der Waals surface area contributed by atoms with Crippen LogP contribution in [0.15, 0.2) is 18.6 Å². The quantitative estimate of drug-likeness (QED) is 0.624. The smallest absolute Gasteiger partial charge is 0.253 e. The Morgan fingerprint density at radius 1 is 1.62 bits per heavy atom. The molecule has 68 valence electrons. The summed E-state index contributed by atoms with van der Waals surface area (Å²) in [7, 11) is 0. The van der Waals surface area contributed by atoms with Crippen LogP contribution in [0.3, 0.4) is 0 Å². The lowest BCUT2D eigenvalue weighted by atomic mass is 10.3. The van der Waals surface area contributed by atoms with E-state index in [2.05, 4.69) is 15.2 Å². The van der Waals surface area contributed by atoms with Gasteiger partial charge >= 0.3 is 0 Å². The summed E-state index contributed by atoms with van der Waals surface area (Å²) in [5.74, 6) is 0.463. The van der Waals surface area contributed by atoms with Crippen LogP contribution in [-0.2, 0) is 0 Å². The Labute approximate surface area is 74.0 Å². The molecule has 2 rings (SSSR count). The predicted octanol–water partition coefficient (Wildman–Crippen LogP) is -0.884. The van der Waals surface area contributed by atoms with E-state index >= 15 is 0 Å². The molecule has 0 saturated heterocycles. The lowest BCUT2D eigenvalue weighted by Crippen LogP contribution is -2.13. The third-order valence-electron chi connectivity index (χ3n) is 1.80. The molecule has 0 spiro atoms. The molecule has 2 heterocycles. The number of rotatable bonds is 2. The molecular weight excluding hydrogens is 170 g/mol. The van der Waals surface area contributed by atoms with Crippen molar-refractivity contribution in [1.29, 1.82) is 0 Å². The van der Waals surface area contributed by atoms with Crippen molar-refractivity contribution >= 4 is 5.78 Å². The number of aliphatic hydroxyl groups is 1. The van der Waals surface area contributed by atoms with E-state index in [1.807, 2.05) is 0 Å². The van der Waals surface area contributed by atoms with Gasteiger partial charge in [0.1, 0.15) is 6.10 Å². The Morgan fingerprint density at radius 2 is 2.46 bits per heavy atom. The zero-order valence-corrected chi connectivity index (χ0v) is 6.83. The highest BCUT2D eigenvalue weighted by atomic mass is 16.3. The average molecular weight is 179 g/mol. The van der Waals surface area contributed by atoms with E-state index in [1.54, 1.807) is 16.8 Å². The van der Waals surface area contributed by atoms with Crippen LogP contribution in [0.1, 0.15) is 11.8 Å². The maximum Gasteiger partial charge on any atom is 0.253 e. The maximum absolute atomic E-state index is 9.48. The molecule has 13 heavy (non-hydrogen) atoms. The molecular formula is C7H9N5O. The fraction of sp³-hybridized carbons (Fsp3) is 0.286. The van der Waals surface area contributed by atoms with Crippen molar-refractivity contribution in [2.45, 2.75) is 6.10 Å². The minimum atomic E-state index is -0.709. The van der Waals surface area contributed by atoms with Crippen molar-refractivity contribution < 1.29 is 5.11 Å². The molecule has 6 nitrogen and oxygen atoms in total. The van der Waals surface area contributed by atoms with Crippen molar-refractivity contribution in [3.63, 3.8) is 0 Å². The van der Waals surface area contributed by atoms with Crippen LogP contribution in [0, 0.1) is 0 Å². The van der Waals surface area contributed by atoms with Gasteiger partial charge in [-0.3, -0.25) is 4.40 Å². The molecule has 2 aromatic heterocycles. The Morgan fingerprint density at radius 3 is 3.23 bits per heavy atom. The largest absolute Gasteiger partial charge is 0.385 e. The molecule has 1 unspecified atom stereocenters. The molecule has 3 N–H and O–H groups in total. The number of hydrogen-bond acceptors (Lipinski definition) is 5. The number of nitrogens with two attached hydrogens (primary N) is 1. The summed E-state index contributed by atoms with van der Waals surface area (Å²) in [4.78, 5) is 3.96. The highest BCUT2D eigenvalue weighted by Gasteiger charge is 2.11. The number of fused-ring (bicyclic) bond motifs is 1. The van der Waals surface area contributed by atoms with Gasteiger partial charge in [-0.05, 0) is 0 Å². The van der Waals surface area contributed by atoms with Gasteiger partial charge in [0.25, 0.3) is 5.78 Å². The molecule has 0 aliphatic carbocycles. The van der Waals surface area contributed by atoms with Gasteiger partial charge in [0, 0.05) is 12.7 Å². The molecule has 0 aliphatic rings. The minimum absolute atomic E-state index is 0.163. The van der Waals surface area contributed by atoms with Crippen LogP contribution in [0.2, 0.25) is 0 Å². The highest BCUT2D eigenvalue weighted by Crippen LogP contribution is 2.11. The molecule has 0 aliphatic heterocycles. The normalized spacial score (nSPS) is 13.4. The van der Waals surface area contributed by atoms with E-state index in [0.29, 0.717) is 11.5 Å². The molecule has 1 atom stereocenters. The van der Waals surface area contributed by atoms with Crippen LogP contribution in [0.5, 0.6) is 0 Å². The van der Waals surface area contributed by atoms with Gasteiger partial charge in [-0.25, -0.2) is 4.98 Å². The van der Waals surface area contributed by atoms with Gasteiger partial charge in [0.05, 0.1) is 18.1 Å². The van der Waals surface area contributed by atoms with Crippen molar-refractivity contribution in [3.05, 3.63) is 24.3 Å². The van der Waals surface area contributed by atoms with Gasteiger partial charge in [-0.1, -0.05) is 0 Å². The number of aliphatic hydroxyl groups excluding tert-OH is 1. The summed E-state index contributed by atoms with van der Waals surface area (Å²) in [6, 6.07) is 0. The van der Waals surface area contributed by atoms with E-state index in [0.717, 1.165) is 0 Å².